The average Bonchev–Trinajstić information content (AvgIpc) is 2.55. The first-order valence-corrected chi connectivity index (χ1v) is 7.29. The molecular weight excluding hydrogens is 321 g/mol. The number of aliphatic hydroxyl groups is 1. The van der Waals surface area contributed by atoms with Gasteiger partial charge in [-0.25, -0.2) is 18.0 Å². The van der Waals surface area contributed by atoms with Crippen molar-refractivity contribution in [1.29, 1.82) is 0 Å². The van der Waals surface area contributed by atoms with Gasteiger partial charge in [-0.15, -0.1) is 0 Å². The van der Waals surface area contributed by atoms with Crippen LogP contribution in [0.5, 0.6) is 0 Å². The van der Waals surface area contributed by atoms with Crippen LogP contribution < -0.4 is 10.6 Å². The Balaban J connectivity index is 1.87. The van der Waals surface area contributed by atoms with Crippen molar-refractivity contribution in [3.05, 3.63) is 71.0 Å². The number of halogens is 3. The third kappa shape index (κ3) is 4.73. The fraction of sp³-hybridized carbons (Fsp3) is 0.235. The summed E-state index contributed by atoms with van der Waals surface area (Å²) in [6.45, 7) is 1.48. The molecule has 0 bridgehead atoms. The van der Waals surface area contributed by atoms with Crippen molar-refractivity contribution in [3.8, 4) is 0 Å². The van der Waals surface area contributed by atoms with Gasteiger partial charge in [0.05, 0.1) is 12.1 Å². The predicted octanol–water partition coefficient (Wildman–Crippen LogP) is 3.20. The summed E-state index contributed by atoms with van der Waals surface area (Å²) >= 11 is 0. The summed E-state index contributed by atoms with van der Waals surface area (Å²) < 4.78 is 39.2. The molecule has 24 heavy (non-hydrogen) atoms. The van der Waals surface area contributed by atoms with Crippen LogP contribution in [0.15, 0.2) is 42.5 Å². The van der Waals surface area contributed by atoms with Crippen molar-refractivity contribution in [1.82, 2.24) is 10.6 Å². The highest BCUT2D eigenvalue weighted by molar-refractivity contribution is 5.74. The van der Waals surface area contributed by atoms with Crippen molar-refractivity contribution >= 4 is 6.03 Å². The highest BCUT2D eigenvalue weighted by Crippen LogP contribution is 2.16. The first kappa shape index (κ1) is 17.8. The van der Waals surface area contributed by atoms with Gasteiger partial charge in [0.2, 0.25) is 0 Å². The van der Waals surface area contributed by atoms with E-state index in [1.54, 1.807) is 6.92 Å². The fourth-order valence-corrected chi connectivity index (χ4v) is 2.13. The zero-order chi connectivity index (χ0) is 17.7. The quantitative estimate of drug-likeness (QED) is 0.784. The summed E-state index contributed by atoms with van der Waals surface area (Å²) in [6.07, 6.45) is -1.06. The minimum Gasteiger partial charge on any atom is -0.387 e. The molecule has 0 fully saturated rings. The Labute approximate surface area is 137 Å². The molecule has 0 spiro atoms. The summed E-state index contributed by atoms with van der Waals surface area (Å²) in [4.78, 5) is 11.8. The van der Waals surface area contributed by atoms with Crippen molar-refractivity contribution in [2.24, 2.45) is 0 Å². The Bertz CT molecular complexity index is 725. The first-order valence-electron chi connectivity index (χ1n) is 7.29. The summed E-state index contributed by atoms with van der Waals surface area (Å²) in [5, 5.41) is 14.9. The van der Waals surface area contributed by atoms with Crippen LogP contribution >= 0.6 is 0 Å². The van der Waals surface area contributed by atoms with E-state index >= 15 is 0 Å². The molecule has 4 nitrogen and oxygen atoms in total. The molecular formula is C17H17F3N2O2. The van der Waals surface area contributed by atoms with Gasteiger partial charge in [0.15, 0.2) is 11.6 Å². The second kappa shape index (κ2) is 7.83. The monoisotopic (exact) mass is 338 g/mol. The Morgan fingerprint density at radius 1 is 1.08 bits per heavy atom. The van der Waals surface area contributed by atoms with Gasteiger partial charge in [0.1, 0.15) is 5.82 Å². The number of rotatable bonds is 5. The fourth-order valence-electron chi connectivity index (χ4n) is 2.13. The third-order valence-corrected chi connectivity index (χ3v) is 3.48. The Morgan fingerprint density at radius 3 is 2.50 bits per heavy atom. The number of nitrogens with one attached hydrogen (secondary N) is 2. The average molecular weight is 338 g/mol. The number of aliphatic hydroxyl groups excluding tert-OH is 1. The van der Waals surface area contributed by atoms with Crippen LogP contribution in [0, 0.1) is 17.5 Å². The zero-order valence-corrected chi connectivity index (χ0v) is 12.9. The number of carbonyl (C=O) groups is 1. The molecule has 2 aromatic carbocycles. The van der Waals surface area contributed by atoms with Gasteiger partial charge < -0.3 is 15.7 Å². The van der Waals surface area contributed by atoms with Crippen LogP contribution in [-0.4, -0.2) is 17.7 Å². The molecule has 0 aliphatic carbocycles. The molecule has 2 aromatic rings. The highest BCUT2D eigenvalue weighted by Gasteiger charge is 2.14. The molecule has 3 N–H and O–H groups in total. The number of urea groups is 1. The van der Waals surface area contributed by atoms with Crippen LogP contribution in [0.4, 0.5) is 18.0 Å². The van der Waals surface area contributed by atoms with Crippen LogP contribution in [0.3, 0.4) is 0 Å². The van der Waals surface area contributed by atoms with Crippen LogP contribution in [0.2, 0.25) is 0 Å². The van der Waals surface area contributed by atoms with Gasteiger partial charge in [0, 0.05) is 6.54 Å². The van der Waals surface area contributed by atoms with Gasteiger partial charge in [-0.1, -0.05) is 18.2 Å². The van der Waals surface area contributed by atoms with Crippen molar-refractivity contribution < 1.29 is 23.1 Å². The van der Waals surface area contributed by atoms with E-state index < -0.39 is 35.6 Å². The van der Waals surface area contributed by atoms with Crippen molar-refractivity contribution in [2.45, 2.75) is 19.1 Å². The SMILES string of the molecule is C[C@@H](NC(=O)NC[C@@H](O)c1cccc(F)c1)c1ccc(F)c(F)c1. The highest BCUT2D eigenvalue weighted by atomic mass is 19.2. The molecule has 2 rings (SSSR count). The van der Waals surface area contributed by atoms with Crippen LogP contribution in [0.1, 0.15) is 30.2 Å². The maximum Gasteiger partial charge on any atom is 0.315 e. The van der Waals surface area contributed by atoms with Crippen LogP contribution in [0.25, 0.3) is 0 Å². The Morgan fingerprint density at radius 2 is 1.83 bits per heavy atom. The lowest BCUT2D eigenvalue weighted by Crippen LogP contribution is -2.39. The molecule has 0 radical (unpaired) electrons. The minimum atomic E-state index is -1.06. The lowest BCUT2D eigenvalue weighted by molar-refractivity contribution is 0.172. The number of hydrogen-bond donors (Lipinski definition) is 3. The lowest BCUT2D eigenvalue weighted by Gasteiger charge is -2.17. The number of hydrogen-bond acceptors (Lipinski definition) is 2. The lowest BCUT2D eigenvalue weighted by atomic mass is 10.1. The summed E-state index contributed by atoms with van der Waals surface area (Å²) in [5.74, 6) is -2.44. The standard InChI is InChI=1S/C17H17F3N2O2/c1-10(11-5-6-14(19)15(20)8-11)22-17(24)21-9-16(23)12-3-2-4-13(18)7-12/h2-8,10,16,23H,9H2,1H3,(H2,21,22,24)/t10-,16-/m1/s1. The van der Waals surface area contributed by atoms with E-state index in [2.05, 4.69) is 10.6 Å². The molecule has 0 aromatic heterocycles. The van der Waals surface area contributed by atoms with Gasteiger partial charge in [-0.05, 0) is 42.3 Å². The topological polar surface area (TPSA) is 61.4 Å². The first-order chi connectivity index (χ1) is 11.4. The maximum absolute atomic E-state index is 13.2. The van der Waals surface area contributed by atoms with Gasteiger partial charge in [-0.2, -0.15) is 0 Å². The maximum atomic E-state index is 13.2. The Hall–Kier alpha value is -2.54. The van der Waals surface area contributed by atoms with E-state index in [0.29, 0.717) is 11.1 Å². The van der Waals surface area contributed by atoms with E-state index in [-0.39, 0.29) is 6.54 Å². The van der Waals surface area contributed by atoms with E-state index in [9.17, 15) is 23.1 Å². The zero-order valence-electron chi connectivity index (χ0n) is 12.9. The van der Waals surface area contributed by atoms with Gasteiger partial charge >= 0.3 is 6.03 Å². The van der Waals surface area contributed by atoms with Gasteiger partial charge in [-0.3, -0.25) is 0 Å². The predicted molar refractivity (Wildman–Crippen MR) is 82.7 cm³/mol. The second-order valence-electron chi connectivity index (χ2n) is 5.32. The van der Waals surface area contributed by atoms with Crippen molar-refractivity contribution in [2.75, 3.05) is 6.54 Å². The van der Waals surface area contributed by atoms with E-state index in [4.69, 9.17) is 0 Å². The molecule has 0 saturated heterocycles. The molecule has 0 heterocycles. The molecule has 0 aliphatic rings. The number of carbonyl (C=O) groups excluding carboxylic acids is 1. The normalized spacial score (nSPS) is 13.2. The largest absolute Gasteiger partial charge is 0.387 e. The Kier molecular flexibility index (Phi) is 5.81. The molecule has 0 unspecified atom stereocenters. The van der Waals surface area contributed by atoms with E-state index in [1.807, 2.05) is 0 Å². The molecule has 2 atom stereocenters. The summed E-state index contributed by atoms with van der Waals surface area (Å²) in [7, 11) is 0. The van der Waals surface area contributed by atoms with Crippen LogP contribution in [-0.2, 0) is 0 Å². The third-order valence-electron chi connectivity index (χ3n) is 3.48. The van der Waals surface area contributed by atoms with Crippen molar-refractivity contribution in [3.63, 3.8) is 0 Å². The molecule has 7 heteroatoms. The molecule has 0 aliphatic heterocycles. The number of benzene rings is 2. The molecule has 2 amide bonds. The minimum absolute atomic E-state index is 0.125. The van der Waals surface area contributed by atoms with E-state index in [0.717, 1.165) is 12.1 Å². The smallest absolute Gasteiger partial charge is 0.315 e. The molecule has 0 saturated carbocycles. The summed E-state index contributed by atoms with van der Waals surface area (Å²) in [5.41, 5.74) is 0.735. The molecule has 128 valence electrons. The summed E-state index contributed by atoms with van der Waals surface area (Å²) in [6, 6.07) is 7.61. The second-order valence-corrected chi connectivity index (χ2v) is 5.32. The van der Waals surface area contributed by atoms with E-state index in [1.165, 1.54) is 30.3 Å². The number of amides is 2. The van der Waals surface area contributed by atoms with Gasteiger partial charge in [0.25, 0.3) is 0 Å².